The molecule has 0 amide bonds. The van der Waals surface area contributed by atoms with E-state index in [0.29, 0.717) is 0 Å². The molecule has 0 heterocycles. The molecule has 1 radical (unpaired) electrons. The van der Waals surface area contributed by atoms with Crippen molar-refractivity contribution in [2.45, 2.75) is 148 Å². The first-order chi connectivity index (χ1) is 15.4. The highest BCUT2D eigenvalue weighted by molar-refractivity contribution is 5.19. The summed E-state index contributed by atoms with van der Waals surface area (Å²) in [4.78, 5) is 0. The van der Waals surface area contributed by atoms with E-state index in [0.717, 1.165) is 12.4 Å². The second-order valence-corrected chi connectivity index (χ2v) is 9.50. The first kappa shape index (κ1) is 28.1. The van der Waals surface area contributed by atoms with Gasteiger partial charge in [0.1, 0.15) is 5.75 Å². The fourth-order valence-corrected chi connectivity index (χ4v) is 4.36. The monoisotopic (exact) mass is 429 g/mol. The van der Waals surface area contributed by atoms with Crippen molar-refractivity contribution >= 4 is 0 Å². The summed E-state index contributed by atoms with van der Waals surface area (Å²) >= 11 is 0. The normalized spacial score (nSPS) is 11.1. The molecule has 0 saturated carbocycles. The highest BCUT2D eigenvalue weighted by atomic mass is 16.5. The number of ether oxygens (including phenoxy) is 1. The quantitative estimate of drug-likeness (QED) is 0.148. The molecule has 1 aromatic rings. The van der Waals surface area contributed by atoms with E-state index in [-0.39, 0.29) is 0 Å². The van der Waals surface area contributed by atoms with E-state index in [9.17, 15) is 0 Å². The highest BCUT2D eigenvalue weighted by Crippen LogP contribution is 2.15. The van der Waals surface area contributed by atoms with Crippen LogP contribution in [0.4, 0.5) is 0 Å². The zero-order valence-electron chi connectivity index (χ0n) is 21.0. The molecular formula is C30H53O. The van der Waals surface area contributed by atoms with E-state index in [1.807, 2.05) is 24.3 Å². The lowest BCUT2D eigenvalue weighted by molar-refractivity contribution is 0.303. The molecule has 0 aliphatic carbocycles. The molecule has 0 saturated heterocycles. The number of para-hydroxylation sites is 1. The summed E-state index contributed by atoms with van der Waals surface area (Å²) in [5, 5.41) is 0. The molecule has 1 rings (SSSR count). The van der Waals surface area contributed by atoms with Crippen molar-refractivity contribution in [3.05, 3.63) is 30.3 Å². The molecule has 0 spiro atoms. The number of hydrogen-bond donors (Lipinski definition) is 0. The third-order valence-electron chi connectivity index (χ3n) is 6.44. The average Bonchev–Trinajstić information content (AvgIpc) is 2.80. The summed E-state index contributed by atoms with van der Waals surface area (Å²) in [5.74, 6) is 0.881. The Labute approximate surface area is 195 Å². The largest absolute Gasteiger partial charge is 0.493 e. The van der Waals surface area contributed by atoms with Gasteiger partial charge in [0.2, 0.25) is 0 Å². The van der Waals surface area contributed by atoms with Crippen molar-refractivity contribution in [2.75, 3.05) is 6.61 Å². The Morgan fingerprint density at radius 3 is 1.26 bits per heavy atom. The van der Waals surface area contributed by atoms with Gasteiger partial charge in [0.05, 0.1) is 6.61 Å². The lowest BCUT2D eigenvalue weighted by Gasteiger charge is -2.05. The maximum absolute atomic E-state index is 5.69. The minimum Gasteiger partial charge on any atom is -0.493 e. The van der Waals surface area contributed by atoms with Crippen molar-refractivity contribution in [2.24, 2.45) is 0 Å². The molecule has 0 aromatic heterocycles. The lowest BCUT2D eigenvalue weighted by atomic mass is 10.0. The van der Waals surface area contributed by atoms with E-state index in [1.165, 1.54) is 141 Å². The van der Waals surface area contributed by atoms with Crippen LogP contribution in [0.3, 0.4) is 0 Å². The summed E-state index contributed by atoms with van der Waals surface area (Å²) in [6.07, 6.45) is 31.5. The van der Waals surface area contributed by atoms with Gasteiger partial charge >= 0.3 is 0 Å². The molecule has 0 atom stereocenters. The minimum absolute atomic E-state index is 0.833. The maximum atomic E-state index is 5.69. The minimum atomic E-state index is 0.833. The van der Waals surface area contributed by atoms with Crippen molar-refractivity contribution in [3.63, 3.8) is 0 Å². The van der Waals surface area contributed by atoms with Crippen LogP contribution >= 0.6 is 0 Å². The Morgan fingerprint density at radius 2 is 0.903 bits per heavy atom. The SMILES string of the molecule is CCCCCCCCCCCCCCCCCCCCCCCCOc1[c]cccc1. The third-order valence-corrected chi connectivity index (χ3v) is 6.44. The Bertz CT molecular complexity index is 441. The molecule has 1 heteroatoms. The predicted octanol–water partition coefficient (Wildman–Crippen LogP) is 10.5. The molecule has 0 bridgehead atoms. The molecule has 0 aliphatic heterocycles. The second kappa shape index (κ2) is 23.7. The van der Waals surface area contributed by atoms with Crippen molar-refractivity contribution in [3.8, 4) is 5.75 Å². The van der Waals surface area contributed by atoms with Gasteiger partial charge in [-0.1, -0.05) is 160 Å². The van der Waals surface area contributed by atoms with Gasteiger partial charge in [0.25, 0.3) is 0 Å². The van der Waals surface area contributed by atoms with Crippen LogP contribution in [0, 0.1) is 6.07 Å². The molecule has 0 N–H and O–H groups in total. The van der Waals surface area contributed by atoms with E-state index in [4.69, 9.17) is 4.74 Å². The van der Waals surface area contributed by atoms with Crippen LogP contribution in [0.15, 0.2) is 24.3 Å². The number of hydrogen-bond acceptors (Lipinski definition) is 1. The van der Waals surface area contributed by atoms with Gasteiger partial charge in [-0.15, -0.1) is 0 Å². The van der Waals surface area contributed by atoms with Gasteiger partial charge in [0.15, 0.2) is 0 Å². The summed E-state index contributed by atoms with van der Waals surface area (Å²) in [6.45, 7) is 3.13. The highest BCUT2D eigenvalue weighted by Gasteiger charge is 1.96. The Balaban J connectivity index is 1.65. The number of benzene rings is 1. The summed E-state index contributed by atoms with van der Waals surface area (Å²) in [6, 6.07) is 11.0. The van der Waals surface area contributed by atoms with E-state index >= 15 is 0 Å². The maximum Gasteiger partial charge on any atom is 0.127 e. The first-order valence-corrected chi connectivity index (χ1v) is 14.0. The van der Waals surface area contributed by atoms with E-state index < -0.39 is 0 Å². The fourth-order valence-electron chi connectivity index (χ4n) is 4.36. The zero-order chi connectivity index (χ0) is 22.1. The first-order valence-electron chi connectivity index (χ1n) is 14.0. The molecule has 0 fully saturated rings. The van der Waals surface area contributed by atoms with Crippen LogP contribution in [0.5, 0.6) is 5.75 Å². The molecule has 1 aromatic carbocycles. The van der Waals surface area contributed by atoms with Crippen LogP contribution in [-0.4, -0.2) is 6.61 Å². The summed E-state index contributed by atoms with van der Waals surface area (Å²) < 4.78 is 5.69. The van der Waals surface area contributed by atoms with Crippen LogP contribution in [0.2, 0.25) is 0 Å². The van der Waals surface area contributed by atoms with Gasteiger partial charge in [0, 0.05) is 6.07 Å². The van der Waals surface area contributed by atoms with Crippen LogP contribution in [0.25, 0.3) is 0 Å². The smallest absolute Gasteiger partial charge is 0.127 e. The fraction of sp³-hybridized carbons (Fsp3) is 0.800. The second-order valence-electron chi connectivity index (χ2n) is 9.50. The van der Waals surface area contributed by atoms with Gasteiger partial charge in [-0.2, -0.15) is 0 Å². The summed E-state index contributed by atoms with van der Waals surface area (Å²) in [5.41, 5.74) is 0. The number of rotatable bonds is 24. The van der Waals surface area contributed by atoms with Crippen molar-refractivity contribution in [1.82, 2.24) is 0 Å². The van der Waals surface area contributed by atoms with Crippen molar-refractivity contribution < 1.29 is 4.74 Å². The van der Waals surface area contributed by atoms with Crippen LogP contribution in [0.1, 0.15) is 148 Å². The topological polar surface area (TPSA) is 9.23 Å². The molecular weight excluding hydrogens is 376 g/mol. The molecule has 0 aliphatic rings. The number of unbranched alkanes of at least 4 members (excludes halogenated alkanes) is 21. The summed E-state index contributed by atoms with van der Waals surface area (Å²) in [7, 11) is 0. The molecule has 1 nitrogen and oxygen atoms in total. The Kier molecular flexibility index (Phi) is 21.4. The van der Waals surface area contributed by atoms with E-state index in [2.05, 4.69) is 13.0 Å². The van der Waals surface area contributed by atoms with Gasteiger partial charge < -0.3 is 4.74 Å². The molecule has 179 valence electrons. The standard InChI is InChI=1S/C30H53O/c1-2-3-4-5-6-7-8-9-10-11-12-13-14-15-16-17-18-19-20-21-22-26-29-31-30-27-24-23-25-28-30/h23-25,27H,2-22,26,29H2,1H3. The van der Waals surface area contributed by atoms with Crippen molar-refractivity contribution in [1.29, 1.82) is 0 Å². The zero-order valence-corrected chi connectivity index (χ0v) is 21.0. The van der Waals surface area contributed by atoms with Gasteiger partial charge in [-0.05, 0) is 12.5 Å². The van der Waals surface area contributed by atoms with Crippen LogP contribution in [-0.2, 0) is 0 Å². The van der Waals surface area contributed by atoms with Gasteiger partial charge in [-0.25, -0.2) is 0 Å². The lowest BCUT2D eigenvalue weighted by Crippen LogP contribution is -1.97. The third kappa shape index (κ3) is 20.7. The van der Waals surface area contributed by atoms with E-state index in [1.54, 1.807) is 0 Å². The Morgan fingerprint density at radius 1 is 0.516 bits per heavy atom. The molecule has 31 heavy (non-hydrogen) atoms. The predicted molar refractivity (Wildman–Crippen MR) is 138 cm³/mol. The Hall–Kier alpha value is -0.980. The van der Waals surface area contributed by atoms with Crippen LogP contribution < -0.4 is 4.74 Å². The molecule has 0 unspecified atom stereocenters. The average molecular weight is 430 g/mol. The van der Waals surface area contributed by atoms with Gasteiger partial charge in [-0.3, -0.25) is 0 Å².